The van der Waals surface area contributed by atoms with Gasteiger partial charge < -0.3 is 4.57 Å². The molecule has 0 atom stereocenters. The van der Waals surface area contributed by atoms with Gasteiger partial charge in [-0.3, -0.25) is 4.79 Å². The second-order valence-corrected chi connectivity index (χ2v) is 7.39. The third kappa shape index (κ3) is 4.92. The van der Waals surface area contributed by atoms with Gasteiger partial charge in [-0.25, -0.2) is 5.43 Å². The molecule has 0 radical (unpaired) electrons. The van der Waals surface area contributed by atoms with Gasteiger partial charge in [-0.05, 0) is 19.1 Å². The number of carbonyl (C=O) groups is 1. The zero-order chi connectivity index (χ0) is 19.9. The molecule has 6 nitrogen and oxygen atoms in total. The second kappa shape index (κ2) is 9.73. The van der Waals surface area contributed by atoms with Crippen LogP contribution in [-0.4, -0.2) is 32.6 Å². The van der Waals surface area contributed by atoms with Crippen molar-refractivity contribution in [2.24, 2.45) is 5.10 Å². The molecule has 0 aliphatic rings. The highest BCUT2D eigenvalue weighted by Gasteiger charge is 2.14. The highest BCUT2D eigenvalue weighted by Crippen LogP contribution is 2.24. The largest absolute Gasteiger partial charge is 0.302 e. The predicted octanol–water partition coefficient (Wildman–Crippen LogP) is 4.51. The number of rotatable bonds is 7. The van der Waals surface area contributed by atoms with Gasteiger partial charge in [-0.1, -0.05) is 71.4 Å². The summed E-state index contributed by atoms with van der Waals surface area (Å²) in [5, 5.41) is 14.0. The lowest BCUT2D eigenvalue weighted by Gasteiger charge is -2.07. The third-order valence-corrected chi connectivity index (χ3v) is 5.41. The molecule has 0 aliphatic carbocycles. The summed E-state index contributed by atoms with van der Waals surface area (Å²) in [5.74, 6) is 0.661. The minimum atomic E-state index is -0.267. The number of halogens is 2. The first-order valence-electron chi connectivity index (χ1n) is 8.47. The number of hydrazone groups is 1. The smallest absolute Gasteiger partial charge is 0.250 e. The molecule has 144 valence electrons. The molecule has 3 aromatic rings. The molecular formula is C19H17Cl2N5OS. The van der Waals surface area contributed by atoms with Crippen molar-refractivity contribution in [3.8, 4) is 11.4 Å². The number of nitrogens with one attached hydrogen (secondary N) is 1. The number of thioether (sulfide) groups is 1. The van der Waals surface area contributed by atoms with E-state index in [4.69, 9.17) is 23.2 Å². The van der Waals surface area contributed by atoms with Crippen molar-refractivity contribution in [2.75, 3.05) is 5.75 Å². The molecular weight excluding hydrogens is 417 g/mol. The molecule has 0 unspecified atom stereocenters. The van der Waals surface area contributed by atoms with E-state index in [-0.39, 0.29) is 11.7 Å². The molecule has 0 bridgehead atoms. The van der Waals surface area contributed by atoms with Crippen LogP contribution in [0.5, 0.6) is 0 Å². The van der Waals surface area contributed by atoms with E-state index in [1.54, 1.807) is 18.2 Å². The zero-order valence-corrected chi connectivity index (χ0v) is 17.3. The lowest BCUT2D eigenvalue weighted by atomic mass is 10.2. The van der Waals surface area contributed by atoms with Crippen molar-refractivity contribution < 1.29 is 4.79 Å². The van der Waals surface area contributed by atoms with Gasteiger partial charge in [-0.2, -0.15) is 5.10 Å². The Morgan fingerprint density at radius 1 is 1.14 bits per heavy atom. The number of benzene rings is 2. The number of amides is 1. The molecule has 3 rings (SSSR count). The Balaban J connectivity index is 1.61. The predicted molar refractivity (Wildman–Crippen MR) is 114 cm³/mol. The fourth-order valence-electron chi connectivity index (χ4n) is 2.45. The van der Waals surface area contributed by atoms with Gasteiger partial charge in [-0.15, -0.1) is 10.2 Å². The Morgan fingerprint density at radius 2 is 1.86 bits per heavy atom. The molecule has 0 aliphatic heterocycles. The van der Waals surface area contributed by atoms with Gasteiger partial charge in [0, 0.05) is 17.7 Å². The maximum atomic E-state index is 12.1. The SMILES string of the molecule is CCn1c(SCC(=O)NN=Cc2c(Cl)cccc2Cl)nnc1-c1ccccc1. The van der Waals surface area contributed by atoms with Crippen LogP contribution >= 0.6 is 35.0 Å². The Labute approximate surface area is 177 Å². The van der Waals surface area contributed by atoms with Gasteiger partial charge in [0.2, 0.25) is 0 Å². The van der Waals surface area contributed by atoms with Crippen LogP contribution in [0.2, 0.25) is 10.0 Å². The average molecular weight is 434 g/mol. The minimum Gasteiger partial charge on any atom is -0.302 e. The van der Waals surface area contributed by atoms with E-state index in [1.807, 2.05) is 41.8 Å². The first-order valence-corrected chi connectivity index (χ1v) is 10.2. The molecule has 0 saturated heterocycles. The van der Waals surface area contributed by atoms with Gasteiger partial charge in [0.15, 0.2) is 11.0 Å². The maximum absolute atomic E-state index is 12.1. The molecule has 0 spiro atoms. The summed E-state index contributed by atoms with van der Waals surface area (Å²) in [7, 11) is 0. The zero-order valence-electron chi connectivity index (χ0n) is 15.0. The topological polar surface area (TPSA) is 72.2 Å². The average Bonchev–Trinajstić information content (AvgIpc) is 3.12. The Kier molecular flexibility index (Phi) is 7.08. The molecule has 9 heteroatoms. The highest BCUT2D eigenvalue weighted by molar-refractivity contribution is 7.99. The van der Waals surface area contributed by atoms with E-state index in [2.05, 4.69) is 20.7 Å². The molecule has 1 heterocycles. The van der Waals surface area contributed by atoms with Crippen LogP contribution in [0, 0.1) is 0 Å². The van der Waals surface area contributed by atoms with Gasteiger partial charge >= 0.3 is 0 Å². The van der Waals surface area contributed by atoms with Crippen LogP contribution in [0.1, 0.15) is 12.5 Å². The molecule has 28 heavy (non-hydrogen) atoms. The van der Waals surface area contributed by atoms with E-state index < -0.39 is 0 Å². The standard InChI is InChI=1S/C19H17Cl2N5OS/c1-2-26-18(13-7-4-3-5-8-13)24-25-19(26)28-12-17(27)23-22-11-14-15(20)9-6-10-16(14)21/h3-11H,2,12H2,1H3,(H,23,27). The molecule has 0 fully saturated rings. The lowest BCUT2D eigenvalue weighted by Crippen LogP contribution is -2.20. The number of hydrogen-bond donors (Lipinski definition) is 1. The quantitative estimate of drug-likeness (QED) is 0.337. The minimum absolute atomic E-state index is 0.153. The van der Waals surface area contributed by atoms with Crippen molar-refractivity contribution in [3.63, 3.8) is 0 Å². The van der Waals surface area contributed by atoms with Crippen LogP contribution < -0.4 is 5.43 Å². The van der Waals surface area contributed by atoms with Crippen molar-refractivity contribution in [2.45, 2.75) is 18.6 Å². The number of nitrogens with zero attached hydrogens (tertiary/aromatic N) is 4. The van der Waals surface area contributed by atoms with Gasteiger partial charge in [0.05, 0.1) is 22.0 Å². The first kappa shape index (κ1) is 20.4. The summed E-state index contributed by atoms with van der Waals surface area (Å²) in [4.78, 5) is 12.1. The fraction of sp³-hybridized carbons (Fsp3) is 0.158. The summed E-state index contributed by atoms with van der Waals surface area (Å²) in [6.07, 6.45) is 1.43. The van der Waals surface area contributed by atoms with Crippen LogP contribution in [0.4, 0.5) is 0 Å². The number of carbonyl (C=O) groups excluding carboxylic acids is 1. The fourth-order valence-corrected chi connectivity index (χ4v) is 3.74. The van der Waals surface area contributed by atoms with Crippen molar-refractivity contribution in [3.05, 3.63) is 64.1 Å². The van der Waals surface area contributed by atoms with Crippen LogP contribution in [0.15, 0.2) is 58.8 Å². The Hall–Kier alpha value is -2.35. The molecule has 1 N–H and O–H groups in total. The monoisotopic (exact) mass is 433 g/mol. The molecule has 2 aromatic carbocycles. The van der Waals surface area contributed by atoms with Crippen LogP contribution in [0.3, 0.4) is 0 Å². The molecule has 1 amide bonds. The van der Waals surface area contributed by atoms with E-state index in [1.165, 1.54) is 18.0 Å². The highest BCUT2D eigenvalue weighted by atomic mass is 35.5. The summed E-state index contributed by atoms with van der Waals surface area (Å²) >= 11 is 13.4. The van der Waals surface area contributed by atoms with E-state index in [0.29, 0.717) is 27.3 Å². The Morgan fingerprint density at radius 3 is 2.54 bits per heavy atom. The van der Waals surface area contributed by atoms with Crippen LogP contribution in [0.25, 0.3) is 11.4 Å². The summed E-state index contributed by atoms with van der Waals surface area (Å²) in [5.41, 5.74) is 4.00. The van der Waals surface area contributed by atoms with Crippen LogP contribution in [-0.2, 0) is 11.3 Å². The molecule has 1 aromatic heterocycles. The lowest BCUT2D eigenvalue weighted by molar-refractivity contribution is -0.118. The summed E-state index contributed by atoms with van der Waals surface area (Å²) in [6.45, 7) is 2.71. The van der Waals surface area contributed by atoms with E-state index in [9.17, 15) is 4.79 Å². The number of aromatic nitrogens is 3. The van der Waals surface area contributed by atoms with E-state index in [0.717, 1.165) is 11.4 Å². The first-order chi connectivity index (χ1) is 13.6. The van der Waals surface area contributed by atoms with Crippen molar-refractivity contribution >= 4 is 47.1 Å². The summed E-state index contributed by atoms with van der Waals surface area (Å²) < 4.78 is 1.97. The van der Waals surface area contributed by atoms with Gasteiger partial charge in [0.25, 0.3) is 5.91 Å². The normalized spacial score (nSPS) is 11.1. The van der Waals surface area contributed by atoms with Crippen molar-refractivity contribution in [1.29, 1.82) is 0 Å². The van der Waals surface area contributed by atoms with Gasteiger partial charge in [0.1, 0.15) is 0 Å². The second-order valence-electron chi connectivity index (χ2n) is 5.63. The van der Waals surface area contributed by atoms with E-state index >= 15 is 0 Å². The molecule has 0 saturated carbocycles. The third-order valence-electron chi connectivity index (χ3n) is 3.78. The van der Waals surface area contributed by atoms with Crippen molar-refractivity contribution in [1.82, 2.24) is 20.2 Å². The number of hydrogen-bond acceptors (Lipinski definition) is 5. The summed E-state index contributed by atoms with van der Waals surface area (Å²) in [6, 6.07) is 15.0. The maximum Gasteiger partial charge on any atom is 0.250 e. The Bertz CT molecular complexity index is 971.